The highest BCUT2D eigenvalue weighted by Crippen LogP contribution is 2.22. The van der Waals surface area contributed by atoms with Crippen LogP contribution in [-0.2, 0) is 25.7 Å². The molecule has 8 aromatic rings. The molecule has 8 rings (SSSR count). The fourth-order valence-electron chi connectivity index (χ4n) is 5.88. The number of phenols is 3. The molecule has 0 fully saturated rings. The lowest BCUT2D eigenvalue weighted by Gasteiger charge is -2.05. The van der Waals surface area contributed by atoms with Gasteiger partial charge in [-0.2, -0.15) is 15.0 Å². The lowest BCUT2D eigenvalue weighted by atomic mass is 10.0. The number of phenolic OH excluding ortho intramolecular Hbond substituents is 3. The van der Waals surface area contributed by atoms with Crippen molar-refractivity contribution in [3.05, 3.63) is 210 Å². The van der Waals surface area contributed by atoms with Crippen molar-refractivity contribution < 1.29 is 15.3 Å². The highest BCUT2D eigenvalue weighted by atomic mass is 16.3. The molecule has 1 aromatic heterocycles. The molecule has 358 valence electrons. The van der Waals surface area contributed by atoms with Gasteiger partial charge in [-0.25, -0.2) is 0 Å². The summed E-state index contributed by atoms with van der Waals surface area (Å²) in [5.41, 5.74) is 16.3. The molecule has 0 saturated carbocycles. The second kappa shape index (κ2) is 34.7. The average molecular weight is 915 g/mol. The van der Waals surface area contributed by atoms with Gasteiger partial charge in [-0.3, -0.25) is 0 Å². The summed E-state index contributed by atoms with van der Waals surface area (Å²) in [6.45, 7) is 18.2. The molecule has 0 saturated heterocycles. The normalized spacial score (nSPS) is 9.47. The summed E-state index contributed by atoms with van der Waals surface area (Å²) in [5.74, 6) is 2.20. The summed E-state index contributed by atoms with van der Waals surface area (Å²) in [4.78, 5) is 11.9. The third kappa shape index (κ3) is 23.5. The molecule has 0 spiro atoms. The van der Waals surface area contributed by atoms with Crippen molar-refractivity contribution in [1.82, 2.24) is 15.0 Å². The van der Waals surface area contributed by atoms with E-state index < -0.39 is 0 Å². The smallest absolute Gasteiger partial charge is 0.229 e. The number of para-hydroxylation sites is 3. The van der Waals surface area contributed by atoms with Crippen LogP contribution in [0.3, 0.4) is 0 Å². The second-order valence-electron chi connectivity index (χ2n) is 14.6. The van der Waals surface area contributed by atoms with E-state index in [1.807, 2.05) is 45.9 Å². The van der Waals surface area contributed by atoms with Gasteiger partial charge in [-0.05, 0) is 120 Å². The van der Waals surface area contributed by atoms with Gasteiger partial charge in [0.05, 0.1) is 0 Å². The zero-order valence-electron chi connectivity index (χ0n) is 41.4. The Bertz CT molecular complexity index is 2140. The van der Waals surface area contributed by atoms with Crippen LogP contribution in [0.5, 0.6) is 17.2 Å². The fourth-order valence-corrected chi connectivity index (χ4v) is 5.88. The summed E-state index contributed by atoms with van der Waals surface area (Å²) in [6.07, 6.45) is 4.42. The van der Waals surface area contributed by atoms with Crippen molar-refractivity contribution in [1.29, 1.82) is 0 Å². The Hall–Kier alpha value is -7.65. The molecule has 9 nitrogen and oxygen atoms in total. The van der Waals surface area contributed by atoms with Gasteiger partial charge in [-0.15, -0.1) is 0 Å². The SMILES string of the molecule is CC.CCNc1nc(N)nc(NCC)n1.CCc1ccc(-c2ccc(CC)cc2)cc1.CCc1ccc(-c2ccc(CC)cc2)cc1.Oc1ccccc1.Oc1ccccc1.Oc1ccccc1. The van der Waals surface area contributed by atoms with Crippen LogP contribution in [-0.4, -0.2) is 43.4 Å². The van der Waals surface area contributed by atoms with Crippen LogP contribution in [0, 0.1) is 0 Å². The Morgan fingerprint density at radius 3 is 0.721 bits per heavy atom. The van der Waals surface area contributed by atoms with E-state index in [2.05, 4.69) is 150 Å². The third-order valence-electron chi connectivity index (χ3n) is 9.71. The molecule has 68 heavy (non-hydrogen) atoms. The zero-order chi connectivity index (χ0) is 49.8. The molecule has 7 aromatic carbocycles. The van der Waals surface area contributed by atoms with E-state index in [0.717, 1.165) is 38.8 Å². The number of nitrogen functional groups attached to an aromatic ring is 1. The molecule has 0 atom stereocenters. The van der Waals surface area contributed by atoms with Crippen molar-refractivity contribution in [2.24, 2.45) is 0 Å². The Labute approximate surface area is 406 Å². The van der Waals surface area contributed by atoms with Gasteiger partial charge in [0.1, 0.15) is 17.2 Å². The van der Waals surface area contributed by atoms with Gasteiger partial charge in [0.15, 0.2) is 0 Å². The number of nitrogens with one attached hydrogen (secondary N) is 2. The van der Waals surface area contributed by atoms with E-state index in [9.17, 15) is 0 Å². The van der Waals surface area contributed by atoms with E-state index in [0.29, 0.717) is 29.1 Å². The first-order valence-electron chi connectivity index (χ1n) is 23.7. The maximum atomic E-state index is 8.63. The highest BCUT2D eigenvalue weighted by Gasteiger charge is 2.02. The quantitative estimate of drug-likeness (QED) is 0.0788. The highest BCUT2D eigenvalue weighted by molar-refractivity contribution is 5.65. The largest absolute Gasteiger partial charge is 0.508 e. The first kappa shape index (κ1) is 56.5. The molecular formula is C59H74N6O3. The van der Waals surface area contributed by atoms with Crippen molar-refractivity contribution in [3.8, 4) is 39.5 Å². The van der Waals surface area contributed by atoms with Crippen LogP contribution in [0.4, 0.5) is 17.8 Å². The molecule has 0 aliphatic heterocycles. The summed E-state index contributed by atoms with van der Waals surface area (Å²) in [6, 6.07) is 61.5. The van der Waals surface area contributed by atoms with Crippen LogP contribution < -0.4 is 16.4 Å². The van der Waals surface area contributed by atoms with Gasteiger partial charge in [0, 0.05) is 13.1 Å². The maximum Gasteiger partial charge on any atom is 0.229 e. The zero-order valence-corrected chi connectivity index (χ0v) is 41.4. The van der Waals surface area contributed by atoms with Crippen LogP contribution in [0.25, 0.3) is 22.3 Å². The average Bonchev–Trinajstić information content (AvgIpc) is 3.39. The summed E-state index contributed by atoms with van der Waals surface area (Å²) < 4.78 is 0. The predicted molar refractivity (Wildman–Crippen MR) is 290 cm³/mol. The molecule has 9 heteroatoms. The molecule has 0 aliphatic rings. The lowest BCUT2D eigenvalue weighted by molar-refractivity contribution is 0.475. The van der Waals surface area contributed by atoms with Gasteiger partial charge >= 0.3 is 0 Å². The standard InChI is InChI=1S/2C16H18.C7H14N6.3C6H6O.C2H6/c2*1-3-13-5-9-15(10-6-13)16-11-7-14(4-2)8-12-16;1-3-9-6-11-5(8)12-7(13-6)10-4-2;3*7-6-4-2-1-3-5-6;1-2/h2*5-12H,3-4H2,1-2H3;3-4H2,1-2H3,(H4,8,9,10,11,12,13);3*1-5,7H;1-2H3. The molecular weight excluding hydrogens is 841 g/mol. The van der Waals surface area contributed by atoms with Gasteiger partial charge in [-0.1, -0.05) is 193 Å². The van der Waals surface area contributed by atoms with Gasteiger partial charge in [0.25, 0.3) is 0 Å². The first-order valence-corrected chi connectivity index (χ1v) is 23.7. The monoisotopic (exact) mass is 915 g/mol. The number of aryl methyl sites for hydroxylation is 4. The Kier molecular flexibility index (Phi) is 28.8. The van der Waals surface area contributed by atoms with Crippen molar-refractivity contribution in [2.45, 2.75) is 81.1 Å². The third-order valence-corrected chi connectivity index (χ3v) is 9.71. The fraction of sp³-hybridized carbons (Fsp3) is 0.237. The second-order valence-corrected chi connectivity index (χ2v) is 14.6. The van der Waals surface area contributed by atoms with E-state index >= 15 is 0 Å². The van der Waals surface area contributed by atoms with Crippen LogP contribution in [0.2, 0.25) is 0 Å². The number of aromatic nitrogens is 3. The minimum atomic E-state index is 0.224. The van der Waals surface area contributed by atoms with E-state index in [-0.39, 0.29) is 5.95 Å². The minimum Gasteiger partial charge on any atom is -0.508 e. The van der Waals surface area contributed by atoms with Crippen molar-refractivity contribution in [2.75, 3.05) is 29.5 Å². The number of nitrogens with zero attached hydrogens (tertiary/aromatic N) is 3. The van der Waals surface area contributed by atoms with Crippen LogP contribution >= 0.6 is 0 Å². The van der Waals surface area contributed by atoms with E-state index in [4.69, 9.17) is 21.1 Å². The Morgan fingerprint density at radius 1 is 0.338 bits per heavy atom. The maximum absolute atomic E-state index is 8.63. The van der Waals surface area contributed by atoms with Gasteiger partial charge < -0.3 is 31.7 Å². The predicted octanol–water partition coefficient (Wildman–Crippen LogP) is 14.5. The topological polar surface area (TPSA) is 149 Å². The van der Waals surface area contributed by atoms with Gasteiger partial charge in [0.2, 0.25) is 17.8 Å². The Balaban J connectivity index is 0.000000287. The molecule has 0 amide bonds. The van der Waals surface area contributed by atoms with Crippen LogP contribution in [0.15, 0.2) is 188 Å². The first-order chi connectivity index (χ1) is 33.1. The number of hydrogen-bond donors (Lipinski definition) is 6. The molecule has 0 radical (unpaired) electrons. The summed E-state index contributed by atoms with van der Waals surface area (Å²) in [5, 5.41) is 31.8. The number of hydrogen-bond acceptors (Lipinski definition) is 9. The van der Waals surface area contributed by atoms with Crippen molar-refractivity contribution in [3.63, 3.8) is 0 Å². The minimum absolute atomic E-state index is 0.224. The molecule has 0 unspecified atom stereocenters. The summed E-state index contributed by atoms with van der Waals surface area (Å²) in [7, 11) is 0. The van der Waals surface area contributed by atoms with E-state index in [1.165, 1.54) is 44.5 Å². The number of rotatable bonds is 10. The molecule has 0 aliphatic carbocycles. The number of anilines is 3. The molecule has 1 heterocycles. The van der Waals surface area contributed by atoms with Crippen LogP contribution in [0.1, 0.15) is 77.6 Å². The molecule has 0 bridgehead atoms. The number of nitrogens with two attached hydrogens (primary N) is 1. The summed E-state index contributed by atoms with van der Waals surface area (Å²) >= 11 is 0. The number of benzene rings is 7. The molecule has 7 N–H and O–H groups in total. The Morgan fingerprint density at radius 2 is 0.559 bits per heavy atom. The van der Waals surface area contributed by atoms with E-state index in [1.54, 1.807) is 72.8 Å². The lowest BCUT2D eigenvalue weighted by Crippen LogP contribution is -2.10. The van der Waals surface area contributed by atoms with Crippen molar-refractivity contribution >= 4 is 17.8 Å². The number of aromatic hydroxyl groups is 3.